The summed E-state index contributed by atoms with van der Waals surface area (Å²) in [5, 5.41) is 3.36. The molecule has 2 rings (SSSR count). The number of thiazole rings is 1. The van der Waals surface area contributed by atoms with Crippen molar-refractivity contribution in [1.29, 1.82) is 0 Å². The Kier molecular flexibility index (Phi) is 6.20. The number of aryl methyl sites for hydroxylation is 1. The first kappa shape index (κ1) is 17.2. The van der Waals surface area contributed by atoms with Crippen LogP contribution in [0.1, 0.15) is 44.2 Å². The maximum absolute atomic E-state index is 11.7. The molecule has 0 saturated carbocycles. The average Bonchev–Trinajstić information content (AvgIpc) is 2.79. The first-order valence-electron chi connectivity index (χ1n) is 8.06. The van der Waals surface area contributed by atoms with Crippen LogP contribution in [0.5, 0.6) is 0 Å². The van der Waals surface area contributed by atoms with Crippen LogP contribution in [0.3, 0.4) is 0 Å². The number of likely N-dealkylation sites (tertiary alicyclic amines) is 1. The number of rotatable bonds is 5. The molecule has 6 heteroatoms. The van der Waals surface area contributed by atoms with E-state index in [2.05, 4.69) is 22.1 Å². The van der Waals surface area contributed by atoms with Crippen LogP contribution in [-0.2, 0) is 11.3 Å². The molecule has 0 spiro atoms. The minimum Gasteiger partial charge on any atom is -0.449 e. The lowest BCUT2D eigenvalue weighted by Gasteiger charge is -2.29. The van der Waals surface area contributed by atoms with Crippen LogP contribution in [0.2, 0.25) is 0 Å². The standard InChI is InChI=1S/C16H27N3O2S/c1-11(2)10-21-16(20)18-15-17-13(4)14(22-15)9-19-7-5-12(3)6-8-19/h11-12H,5-10H2,1-4H3,(H,17,18,20). The molecule has 5 nitrogen and oxygen atoms in total. The van der Waals surface area contributed by atoms with Crippen LogP contribution in [0, 0.1) is 18.8 Å². The fourth-order valence-corrected chi connectivity index (χ4v) is 3.41. The van der Waals surface area contributed by atoms with Gasteiger partial charge in [-0.05, 0) is 44.7 Å². The van der Waals surface area contributed by atoms with E-state index in [9.17, 15) is 4.79 Å². The largest absolute Gasteiger partial charge is 0.449 e. The second kappa shape index (κ2) is 7.92. The fourth-order valence-electron chi connectivity index (χ4n) is 2.42. The van der Waals surface area contributed by atoms with Gasteiger partial charge in [0.25, 0.3) is 0 Å². The van der Waals surface area contributed by atoms with Gasteiger partial charge in [-0.2, -0.15) is 0 Å². The summed E-state index contributed by atoms with van der Waals surface area (Å²) in [6.45, 7) is 12.0. The van der Waals surface area contributed by atoms with Crippen LogP contribution in [0.25, 0.3) is 0 Å². The van der Waals surface area contributed by atoms with Crippen LogP contribution < -0.4 is 5.32 Å². The lowest BCUT2D eigenvalue weighted by molar-refractivity contribution is 0.147. The molecule has 1 aliphatic rings. The van der Waals surface area contributed by atoms with E-state index >= 15 is 0 Å². The van der Waals surface area contributed by atoms with Gasteiger partial charge in [-0.3, -0.25) is 10.2 Å². The third-order valence-corrected chi connectivity index (χ3v) is 4.95. The fraction of sp³-hybridized carbons (Fsp3) is 0.750. The van der Waals surface area contributed by atoms with Crippen molar-refractivity contribution < 1.29 is 9.53 Å². The highest BCUT2D eigenvalue weighted by Crippen LogP contribution is 2.26. The number of nitrogens with one attached hydrogen (secondary N) is 1. The molecule has 22 heavy (non-hydrogen) atoms. The van der Waals surface area contributed by atoms with E-state index in [-0.39, 0.29) is 0 Å². The Hall–Kier alpha value is -1.14. The van der Waals surface area contributed by atoms with Gasteiger partial charge in [0.2, 0.25) is 0 Å². The number of hydrogen-bond donors (Lipinski definition) is 1. The highest BCUT2D eigenvalue weighted by atomic mass is 32.1. The van der Waals surface area contributed by atoms with Crippen molar-refractivity contribution in [2.75, 3.05) is 25.0 Å². The summed E-state index contributed by atoms with van der Waals surface area (Å²) in [6.07, 6.45) is 2.12. The summed E-state index contributed by atoms with van der Waals surface area (Å²) >= 11 is 1.55. The number of hydrogen-bond acceptors (Lipinski definition) is 5. The average molecular weight is 325 g/mol. The van der Waals surface area contributed by atoms with Crippen LogP contribution in [0.15, 0.2) is 0 Å². The summed E-state index contributed by atoms with van der Waals surface area (Å²) in [4.78, 5) is 19.8. The lowest BCUT2D eigenvalue weighted by Crippen LogP contribution is -2.32. The Morgan fingerprint density at radius 2 is 2.14 bits per heavy atom. The second-order valence-corrected chi connectivity index (χ2v) is 7.69. The van der Waals surface area contributed by atoms with Crippen molar-refractivity contribution in [1.82, 2.24) is 9.88 Å². The number of aromatic nitrogens is 1. The monoisotopic (exact) mass is 325 g/mol. The molecule has 1 N–H and O–H groups in total. The van der Waals surface area contributed by atoms with Gasteiger partial charge < -0.3 is 4.74 Å². The van der Waals surface area contributed by atoms with E-state index in [0.29, 0.717) is 17.7 Å². The van der Waals surface area contributed by atoms with Gasteiger partial charge in [0.15, 0.2) is 5.13 Å². The molecule has 0 unspecified atom stereocenters. The third-order valence-electron chi connectivity index (χ3n) is 3.89. The number of anilines is 1. The topological polar surface area (TPSA) is 54.5 Å². The minimum atomic E-state index is -0.416. The molecule has 0 aromatic carbocycles. The third kappa shape index (κ3) is 5.25. The molecule has 0 bridgehead atoms. The first-order valence-corrected chi connectivity index (χ1v) is 8.88. The number of nitrogens with zero attached hydrogens (tertiary/aromatic N) is 2. The zero-order chi connectivity index (χ0) is 16.1. The van der Waals surface area contributed by atoms with Gasteiger partial charge in [0, 0.05) is 11.4 Å². The summed E-state index contributed by atoms with van der Waals surface area (Å²) in [5.41, 5.74) is 1.00. The maximum Gasteiger partial charge on any atom is 0.413 e. The van der Waals surface area contributed by atoms with Crippen molar-refractivity contribution in [2.45, 2.75) is 47.1 Å². The van der Waals surface area contributed by atoms with Crippen LogP contribution >= 0.6 is 11.3 Å². The molecule has 0 radical (unpaired) electrons. The predicted molar refractivity (Wildman–Crippen MR) is 90.3 cm³/mol. The number of piperidine rings is 1. The Morgan fingerprint density at radius 3 is 2.77 bits per heavy atom. The molecule has 124 valence electrons. The van der Waals surface area contributed by atoms with Crippen molar-refractivity contribution >= 4 is 22.6 Å². The number of ether oxygens (including phenoxy) is 1. The maximum atomic E-state index is 11.7. The summed E-state index contributed by atoms with van der Waals surface area (Å²) in [5.74, 6) is 1.17. The molecule has 1 saturated heterocycles. The lowest BCUT2D eigenvalue weighted by atomic mass is 9.99. The second-order valence-electron chi connectivity index (χ2n) is 6.60. The van der Waals surface area contributed by atoms with Crippen molar-refractivity contribution in [3.8, 4) is 0 Å². The SMILES string of the molecule is Cc1nc(NC(=O)OCC(C)C)sc1CN1CCC(C)CC1. The zero-order valence-electron chi connectivity index (χ0n) is 14.0. The molecule has 1 aromatic heterocycles. The Labute approximate surface area is 137 Å². The predicted octanol–water partition coefficient (Wildman–Crippen LogP) is 3.89. The zero-order valence-corrected chi connectivity index (χ0v) is 14.8. The Bertz CT molecular complexity index is 494. The highest BCUT2D eigenvalue weighted by molar-refractivity contribution is 7.15. The quantitative estimate of drug-likeness (QED) is 0.892. The first-order chi connectivity index (χ1) is 10.4. The molecular weight excluding hydrogens is 298 g/mol. The minimum absolute atomic E-state index is 0.334. The molecule has 2 heterocycles. The number of carbonyl (C=O) groups is 1. The number of amides is 1. The molecule has 1 amide bonds. The van der Waals surface area contributed by atoms with Gasteiger partial charge in [0.1, 0.15) is 0 Å². The van der Waals surface area contributed by atoms with Crippen molar-refractivity contribution in [3.05, 3.63) is 10.6 Å². The summed E-state index contributed by atoms with van der Waals surface area (Å²) in [7, 11) is 0. The van der Waals surface area contributed by atoms with Crippen LogP contribution in [-0.4, -0.2) is 35.7 Å². The highest BCUT2D eigenvalue weighted by Gasteiger charge is 2.18. The van der Waals surface area contributed by atoms with E-state index < -0.39 is 6.09 Å². The molecule has 1 aliphatic heterocycles. The Balaban J connectivity index is 1.86. The van der Waals surface area contributed by atoms with Gasteiger partial charge in [-0.25, -0.2) is 9.78 Å². The Morgan fingerprint density at radius 1 is 1.45 bits per heavy atom. The molecule has 1 fully saturated rings. The smallest absolute Gasteiger partial charge is 0.413 e. The van der Waals surface area contributed by atoms with Crippen molar-refractivity contribution in [2.24, 2.45) is 11.8 Å². The van der Waals surface area contributed by atoms with Gasteiger partial charge in [0.05, 0.1) is 12.3 Å². The van der Waals surface area contributed by atoms with Gasteiger partial charge in [-0.15, -0.1) is 0 Å². The summed E-state index contributed by atoms with van der Waals surface area (Å²) in [6, 6.07) is 0. The van der Waals surface area contributed by atoms with E-state index in [1.165, 1.54) is 17.7 Å². The molecule has 0 aliphatic carbocycles. The van der Waals surface area contributed by atoms with Crippen molar-refractivity contribution in [3.63, 3.8) is 0 Å². The normalized spacial score (nSPS) is 17.0. The van der Waals surface area contributed by atoms with E-state index in [4.69, 9.17) is 4.74 Å². The van der Waals surface area contributed by atoms with E-state index in [1.807, 2.05) is 20.8 Å². The summed E-state index contributed by atoms with van der Waals surface area (Å²) < 4.78 is 5.12. The van der Waals surface area contributed by atoms with Crippen LogP contribution in [0.4, 0.5) is 9.93 Å². The van der Waals surface area contributed by atoms with E-state index in [1.54, 1.807) is 11.3 Å². The molecule has 0 atom stereocenters. The van der Waals surface area contributed by atoms with E-state index in [0.717, 1.165) is 31.2 Å². The molecule has 1 aromatic rings. The van der Waals surface area contributed by atoms with Gasteiger partial charge >= 0.3 is 6.09 Å². The molecular formula is C16H27N3O2S. The number of carbonyl (C=O) groups excluding carboxylic acids is 1. The van der Waals surface area contributed by atoms with Gasteiger partial charge in [-0.1, -0.05) is 32.1 Å².